The highest BCUT2D eigenvalue weighted by Crippen LogP contribution is 2.20. The van der Waals surface area contributed by atoms with E-state index in [9.17, 15) is 14.4 Å². The number of thioether (sulfide) groups is 1. The fourth-order valence-electron chi connectivity index (χ4n) is 3.33. The van der Waals surface area contributed by atoms with Gasteiger partial charge in [-0.15, -0.1) is 10.2 Å². The summed E-state index contributed by atoms with van der Waals surface area (Å²) in [6.07, 6.45) is -0.230. The first-order chi connectivity index (χ1) is 16.7. The van der Waals surface area contributed by atoms with Gasteiger partial charge < -0.3 is 19.9 Å². The average Bonchev–Trinajstić information content (AvgIpc) is 3.18. The Bertz CT molecular complexity index is 1220. The summed E-state index contributed by atoms with van der Waals surface area (Å²) in [6.45, 7) is 7.27. The SMILES string of the molecule is Cc1ccccc1C(=O)N[C@@H](C)c1nnc(SCC(=O)Nc2cccc(C(=O)OC(C)C)c2)n1C. The summed E-state index contributed by atoms with van der Waals surface area (Å²) >= 11 is 1.22. The molecule has 3 rings (SSSR count). The zero-order valence-electron chi connectivity index (χ0n) is 20.4. The van der Waals surface area contributed by atoms with Crippen molar-refractivity contribution in [3.8, 4) is 0 Å². The van der Waals surface area contributed by atoms with Crippen LogP contribution in [0.4, 0.5) is 5.69 Å². The maximum atomic E-state index is 12.6. The number of hydrogen-bond donors (Lipinski definition) is 2. The molecule has 10 heteroatoms. The molecule has 0 spiro atoms. The van der Waals surface area contributed by atoms with Gasteiger partial charge in [0.05, 0.1) is 23.5 Å². The van der Waals surface area contributed by atoms with Gasteiger partial charge in [0.2, 0.25) is 5.91 Å². The molecule has 2 amide bonds. The van der Waals surface area contributed by atoms with E-state index in [0.29, 0.717) is 27.8 Å². The monoisotopic (exact) mass is 495 g/mol. The number of amides is 2. The molecule has 2 N–H and O–H groups in total. The normalized spacial score (nSPS) is 11.7. The molecule has 0 saturated heterocycles. The molecule has 0 aliphatic heterocycles. The zero-order chi connectivity index (χ0) is 25.5. The molecule has 35 heavy (non-hydrogen) atoms. The lowest BCUT2D eigenvalue weighted by Gasteiger charge is -2.14. The quantitative estimate of drug-likeness (QED) is 0.342. The first-order valence-corrected chi connectivity index (χ1v) is 12.1. The van der Waals surface area contributed by atoms with Gasteiger partial charge in [0, 0.05) is 18.3 Å². The zero-order valence-corrected chi connectivity index (χ0v) is 21.2. The number of carbonyl (C=O) groups is 3. The number of hydrogen-bond acceptors (Lipinski definition) is 7. The van der Waals surface area contributed by atoms with Crippen LogP contribution in [0.15, 0.2) is 53.7 Å². The fraction of sp³-hybridized carbons (Fsp3) is 0.320. The average molecular weight is 496 g/mol. The van der Waals surface area contributed by atoms with Gasteiger partial charge in [-0.3, -0.25) is 9.59 Å². The molecule has 0 bridgehead atoms. The summed E-state index contributed by atoms with van der Waals surface area (Å²) in [5, 5.41) is 14.6. The van der Waals surface area contributed by atoms with Crippen LogP contribution in [0.2, 0.25) is 0 Å². The van der Waals surface area contributed by atoms with Crippen LogP contribution >= 0.6 is 11.8 Å². The van der Waals surface area contributed by atoms with Crippen molar-refractivity contribution in [1.29, 1.82) is 0 Å². The number of carbonyl (C=O) groups excluding carboxylic acids is 3. The molecular formula is C25H29N5O4S. The van der Waals surface area contributed by atoms with Gasteiger partial charge in [-0.25, -0.2) is 4.79 Å². The second-order valence-corrected chi connectivity index (χ2v) is 9.22. The van der Waals surface area contributed by atoms with Crippen LogP contribution < -0.4 is 10.6 Å². The highest BCUT2D eigenvalue weighted by Gasteiger charge is 2.20. The van der Waals surface area contributed by atoms with Crippen LogP contribution in [0, 0.1) is 6.92 Å². The molecule has 1 heterocycles. The van der Waals surface area contributed by atoms with Crippen molar-refractivity contribution in [2.45, 2.75) is 45.0 Å². The minimum atomic E-state index is -0.444. The van der Waals surface area contributed by atoms with Crippen molar-refractivity contribution in [2.75, 3.05) is 11.1 Å². The molecule has 9 nitrogen and oxygen atoms in total. The summed E-state index contributed by atoms with van der Waals surface area (Å²) in [5.74, 6) is -0.218. The van der Waals surface area contributed by atoms with E-state index in [1.54, 1.807) is 55.8 Å². The Kier molecular flexibility index (Phi) is 8.64. The van der Waals surface area contributed by atoms with Gasteiger partial charge in [0.25, 0.3) is 5.91 Å². The van der Waals surface area contributed by atoms with Crippen LogP contribution in [-0.2, 0) is 16.6 Å². The topological polar surface area (TPSA) is 115 Å². The fourth-order valence-corrected chi connectivity index (χ4v) is 4.05. The van der Waals surface area contributed by atoms with E-state index in [2.05, 4.69) is 20.8 Å². The molecule has 1 aromatic heterocycles. The minimum Gasteiger partial charge on any atom is -0.459 e. The van der Waals surface area contributed by atoms with E-state index in [1.807, 2.05) is 32.0 Å². The third kappa shape index (κ3) is 6.92. The van der Waals surface area contributed by atoms with Gasteiger partial charge >= 0.3 is 5.97 Å². The van der Waals surface area contributed by atoms with Crippen LogP contribution in [-0.4, -0.2) is 44.4 Å². The maximum Gasteiger partial charge on any atom is 0.338 e. The smallest absolute Gasteiger partial charge is 0.338 e. The second-order valence-electron chi connectivity index (χ2n) is 8.28. The van der Waals surface area contributed by atoms with Gasteiger partial charge in [-0.05, 0) is 57.5 Å². The van der Waals surface area contributed by atoms with E-state index in [1.165, 1.54) is 11.8 Å². The number of aromatic nitrogens is 3. The highest BCUT2D eigenvalue weighted by molar-refractivity contribution is 7.99. The van der Waals surface area contributed by atoms with E-state index in [0.717, 1.165) is 5.56 Å². The molecular weight excluding hydrogens is 466 g/mol. The Balaban J connectivity index is 1.57. The Labute approximate surface area is 208 Å². The van der Waals surface area contributed by atoms with Crippen LogP contribution in [0.25, 0.3) is 0 Å². The lowest BCUT2D eigenvalue weighted by Crippen LogP contribution is -2.29. The molecule has 0 fully saturated rings. The summed E-state index contributed by atoms with van der Waals surface area (Å²) in [6, 6.07) is 13.6. The first kappa shape index (κ1) is 26.0. The highest BCUT2D eigenvalue weighted by atomic mass is 32.2. The van der Waals surface area contributed by atoms with Crippen molar-refractivity contribution < 1.29 is 19.1 Å². The van der Waals surface area contributed by atoms with Gasteiger partial charge in [0.1, 0.15) is 0 Å². The predicted octanol–water partition coefficient (Wildman–Crippen LogP) is 3.91. The molecule has 2 aromatic carbocycles. The van der Waals surface area contributed by atoms with Gasteiger partial charge in [-0.2, -0.15) is 0 Å². The largest absolute Gasteiger partial charge is 0.459 e. The predicted molar refractivity (Wildman–Crippen MR) is 134 cm³/mol. The Morgan fingerprint density at radius 2 is 1.80 bits per heavy atom. The van der Waals surface area contributed by atoms with Crippen molar-refractivity contribution >= 4 is 35.2 Å². The Morgan fingerprint density at radius 1 is 1.06 bits per heavy atom. The van der Waals surface area contributed by atoms with Crippen LogP contribution in [0.1, 0.15) is 58.9 Å². The lowest BCUT2D eigenvalue weighted by molar-refractivity contribution is -0.113. The number of esters is 1. The van der Waals surface area contributed by atoms with E-state index < -0.39 is 5.97 Å². The number of aryl methyl sites for hydroxylation is 1. The third-order valence-corrected chi connectivity index (χ3v) is 6.07. The van der Waals surface area contributed by atoms with Crippen molar-refractivity contribution in [1.82, 2.24) is 20.1 Å². The molecule has 0 radical (unpaired) electrons. The molecule has 3 aromatic rings. The van der Waals surface area contributed by atoms with E-state index in [4.69, 9.17) is 4.74 Å². The van der Waals surface area contributed by atoms with Crippen LogP contribution in [0.3, 0.4) is 0 Å². The standard InChI is InChI=1S/C25H29N5O4S/c1-15(2)34-24(33)18-10-8-11-19(13-18)27-21(31)14-35-25-29-28-22(30(25)5)17(4)26-23(32)20-12-7-6-9-16(20)3/h6-13,15,17H,14H2,1-5H3,(H,26,32)(H,27,31)/t17-/m0/s1. The summed E-state index contributed by atoms with van der Waals surface area (Å²) in [4.78, 5) is 37.2. The number of benzene rings is 2. The summed E-state index contributed by atoms with van der Waals surface area (Å²) in [7, 11) is 1.79. The summed E-state index contributed by atoms with van der Waals surface area (Å²) in [5.41, 5.74) is 2.36. The number of ether oxygens (including phenoxy) is 1. The lowest BCUT2D eigenvalue weighted by atomic mass is 10.1. The third-order valence-electron chi connectivity index (χ3n) is 5.05. The number of nitrogens with one attached hydrogen (secondary N) is 2. The Morgan fingerprint density at radius 3 is 2.51 bits per heavy atom. The van der Waals surface area contributed by atoms with Gasteiger partial charge in [-0.1, -0.05) is 36.0 Å². The minimum absolute atomic E-state index is 0.0938. The molecule has 1 atom stereocenters. The van der Waals surface area contributed by atoms with Crippen molar-refractivity contribution in [2.24, 2.45) is 7.05 Å². The molecule has 0 aliphatic rings. The van der Waals surface area contributed by atoms with Crippen molar-refractivity contribution in [3.63, 3.8) is 0 Å². The summed E-state index contributed by atoms with van der Waals surface area (Å²) < 4.78 is 6.94. The number of nitrogens with zero attached hydrogens (tertiary/aromatic N) is 3. The van der Waals surface area contributed by atoms with Crippen LogP contribution in [0.5, 0.6) is 0 Å². The maximum absolute atomic E-state index is 12.6. The Hall–Kier alpha value is -3.66. The molecule has 184 valence electrons. The number of anilines is 1. The molecule has 0 aliphatic carbocycles. The van der Waals surface area contributed by atoms with E-state index >= 15 is 0 Å². The van der Waals surface area contributed by atoms with Gasteiger partial charge in [0.15, 0.2) is 11.0 Å². The number of rotatable bonds is 9. The first-order valence-electron chi connectivity index (χ1n) is 11.1. The second kappa shape index (κ2) is 11.7. The molecule has 0 saturated carbocycles. The van der Waals surface area contributed by atoms with Crippen molar-refractivity contribution in [3.05, 3.63) is 71.0 Å². The van der Waals surface area contributed by atoms with E-state index in [-0.39, 0.29) is 29.7 Å². The molecule has 0 unspecified atom stereocenters.